The zero-order valence-electron chi connectivity index (χ0n) is 20.2. The van der Waals surface area contributed by atoms with E-state index < -0.39 is 0 Å². The van der Waals surface area contributed by atoms with E-state index in [2.05, 4.69) is 24.5 Å². The fraction of sp³-hybridized carbons (Fsp3) is 0.769. The fourth-order valence-corrected chi connectivity index (χ4v) is 4.37. The lowest BCUT2D eigenvalue weighted by molar-refractivity contribution is 0.429. The van der Waals surface area contributed by atoms with Crippen LogP contribution in [0.25, 0.3) is 0 Å². The van der Waals surface area contributed by atoms with Gasteiger partial charge in [-0.15, -0.1) is 0 Å². The van der Waals surface area contributed by atoms with E-state index in [0.717, 1.165) is 47.9 Å². The molecule has 0 aliphatic heterocycles. The van der Waals surface area contributed by atoms with Gasteiger partial charge in [-0.25, -0.2) is 0 Å². The third-order valence-electron chi connectivity index (χ3n) is 6.14. The Balaban J connectivity index is 2.96. The van der Waals surface area contributed by atoms with Crippen molar-refractivity contribution in [2.24, 2.45) is 0 Å². The Hall–Kier alpha value is -1.26. The number of unbranched alkanes of at least 4 members (excludes halogenated alkanes) is 10. The number of hydrogen-bond acceptors (Lipinski definition) is 4. The first-order chi connectivity index (χ1) is 14.6. The molecule has 1 rings (SSSR count). The summed E-state index contributed by atoms with van der Waals surface area (Å²) in [7, 11) is 3.81. The summed E-state index contributed by atoms with van der Waals surface area (Å²) in [4.78, 5) is 0. The van der Waals surface area contributed by atoms with Crippen molar-refractivity contribution in [1.29, 1.82) is 0 Å². The average Bonchev–Trinajstić information content (AvgIpc) is 2.74. The highest BCUT2D eigenvalue weighted by Crippen LogP contribution is 2.39. The van der Waals surface area contributed by atoms with Gasteiger partial charge >= 0.3 is 0 Å². The molecule has 0 saturated heterocycles. The lowest BCUT2D eigenvalue weighted by Crippen LogP contribution is -2.14. The summed E-state index contributed by atoms with van der Waals surface area (Å²) >= 11 is 0. The second kappa shape index (κ2) is 16.4. The van der Waals surface area contributed by atoms with Gasteiger partial charge in [-0.2, -0.15) is 0 Å². The van der Waals surface area contributed by atoms with Crippen LogP contribution < -0.4 is 10.6 Å². The maximum absolute atomic E-state index is 11.2. The number of aromatic hydroxyl groups is 2. The molecule has 0 spiro atoms. The van der Waals surface area contributed by atoms with Crippen LogP contribution >= 0.6 is 0 Å². The Labute approximate surface area is 185 Å². The van der Waals surface area contributed by atoms with Crippen LogP contribution in [0.4, 0.5) is 0 Å². The van der Waals surface area contributed by atoms with E-state index in [9.17, 15) is 10.2 Å². The molecule has 4 N–H and O–H groups in total. The van der Waals surface area contributed by atoms with Crippen LogP contribution in [0, 0.1) is 0 Å². The van der Waals surface area contributed by atoms with Gasteiger partial charge in [0.2, 0.25) is 0 Å². The molecule has 0 unspecified atom stereocenters. The first kappa shape index (κ1) is 26.8. The molecule has 0 aliphatic carbocycles. The topological polar surface area (TPSA) is 64.5 Å². The fourth-order valence-electron chi connectivity index (χ4n) is 4.37. The Morgan fingerprint density at radius 2 is 0.833 bits per heavy atom. The molecule has 0 amide bonds. The lowest BCUT2D eigenvalue weighted by atomic mass is 9.89. The quantitative estimate of drug-likeness (QED) is 0.165. The van der Waals surface area contributed by atoms with E-state index in [1.165, 1.54) is 64.2 Å². The van der Waals surface area contributed by atoms with E-state index in [-0.39, 0.29) is 0 Å². The van der Waals surface area contributed by atoms with Gasteiger partial charge in [0, 0.05) is 35.3 Å². The van der Waals surface area contributed by atoms with Gasteiger partial charge in [-0.1, -0.05) is 78.1 Å². The average molecular weight is 421 g/mol. The lowest BCUT2D eigenvalue weighted by Gasteiger charge is -2.22. The first-order valence-electron chi connectivity index (χ1n) is 12.5. The van der Waals surface area contributed by atoms with Gasteiger partial charge in [0.05, 0.1) is 0 Å². The summed E-state index contributed by atoms with van der Waals surface area (Å²) in [6.45, 7) is 5.66. The van der Waals surface area contributed by atoms with Gasteiger partial charge in [-0.05, 0) is 39.8 Å². The summed E-state index contributed by atoms with van der Waals surface area (Å²) in [6.07, 6.45) is 16.3. The second-order valence-electron chi connectivity index (χ2n) is 8.71. The van der Waals surface area contributed by atoms with Crippen LogP contribution in [-0.2, 0) is 25.9 Å². The highest BCUT2D eigenvalue weighted by molar-refractivity contribution is 5.58. The van der Waals surface area contributed by atoms with E-state index in [4.69, 9.17) is 0 Å². The van der Waals surface area contributed by atoms with Crippen LogP contribution in [0.5, 0.6) is 11.5 Å². The predicted octanol–water partition coefficient (Wildman–Crippen LogP) is 6.34. The molecule has 0 aromatic heterocycles. The smallest absolute Gasteiger partial charge is 0.124 e. The Kier molecular flexibility index (Phi) is 14.7. The SMILES string of the molecule is CCCCCCCCc1c(O)c(CNC)c(CCCCCCCC)c(O)c1CNC. The molecule has 0 radical (unpaired) electrons. The molecular weight excluding hydrogens is 372 g/mol. The molecule has 0 aliphatic rings. The standard InChI is InChI=1S/C26H48N2O2/c1-5-7-9-11-13-15-17-21-23(19-27-3)26(30)22(24(20-28-4)25(21)29)18-16-14-12-10-8-6-2/h27-30H,5-20H2,1-4H3. The van der Waals surface area contributed by atoms with Crippen LogP contribution in [0.15, 0.2) is 0 Å². The number of nitrogens with one attached hydrogen (secondary N) is 2. The summed E-state index contributed by atoms with van der Waals surface area (Å²) in [5.41, 5.74) is 3.66. The summed E-state index contributed by atoms with van der Waals surface area (Å²) in [5.74, 6) is 0.809. The molecule has 30 heavy (non-hydrogen) atoms. The van der Waals surface area contributed by atoms with Gasteiger partial charge in [-0.3, -0.25) is 0 Å². The molecule has 0 saturated carbocycles. The van der Waals surface area contributed by atoms with E-state index >= 15 is 0 Å². The summed E-state index contributed by atoms with van der Waals surface area (Å²) in [5, 5.41) is 28.7. The second-order valence-corrected chi connectivity index (χ2v) is 8.71. The molecule has 4 nitrogen and oxygen atoms in total. The van der Waals surface area contributed by atoms with Crippen molar-refractivity contribution in [2.75, 3.05) is 14.1 Å². The summed E-state index contributed by atoms with van der Waals surface area (Å²) in [6, 6.07) is 0. The van der Waals surface area contributed by atoms with E-state index in [1.54, 1.807) is 0 Å². The van der Waals surface area contributed by atoms with Crippen molar-refractivity contribution < 1.29 is 10.2 Å². The van der Waals surface area contributed by atoms with E-state index in [0.29, 0.717) is 24.6 Å². The zero-order chi connectivity index (χ0) is 22.2. The minimum absolute atomic E-state index is 0.405. The molecule has 0 atom stereocenters. The first-order valence-corrected chi connectivity index (χ1v) is 12.5. The minimum Gasteiger partial charge on any atom is -0.507 e. The molecule has 0 bridgehead atoms. The molecule has 4 heteroatoms. The van der Waals surface area contributed by atoms with Gasteiger partial charge in [0.1, 0.15) is 11.5 Å². The number of rotatable bonds is 18. The predicted molar refractivity (Wildman–Crippen MR) is 129 cm³/mol. The maximum atomic E-state index is 11.2. The maximum Gasteiger partial charge on any atom is 0.124 e. The van der Waals surface area contributed by atoms with Crippen molar-refractivity contribution in [3.8, 4) is 11.5 Å². The number of phenolic OH excluding ortho intramolecular Hbond substituents is 2. The normalized spacial score (nSPS) is 11.3. The largest absolute Gasteiger partial charge is 0.507 e. The van der Waals surface area contributed by atoms with Crippen LogP contribution in [0.2, 0.25) is 0 Å². The minimum atomic E-state index is 0.405. The highest BCUT2D eigenvalue weighted by Gasteiger charge is 2.22. The van der Waals surface area contributed by atoms with Crippen molar-refractivity contribution >= 4 is 0 Å². The van der Waals surface area contributed by atoms with Crippen molar-refractivity contribution in [2.45, 2.75) is 117 Å². The van der Waals surface area contributed by atoms with E-state index in [1.807, 2.05) is 14.1 Å². The van der Waals surface area contributed by atoms with Crippen molar-refractivity contribution in [3.05, 3.63) is 22.3 Å². The number of hydrogen-bond donors (Lipinski definition) is 4. The molecule has 174 valence electrons. The van der Waals surface area contributed by atoms with Crippen LogP contribution in [-0.4, -0.2) is 24.3 Å². The monoisotopic (exact) mass is 420 g/mol. The Bertz CT molecular complexity index is 535. The number of phenols is 2. The van der Waals surface area contributed by atoms with Crippen molar-refractivity contribution in [1.82, 2.24) is 10.6 Å². The van der Waals surface area contributed by atoms with Crippen LogP contribution in [0.3, 0.4) is 0 Å². The Morgan fingerprint density at radius 3 is 1.17 bits per heavy atom. The molecule has 0 fully saturated rings. The van der Waals surface area contributed by atoms with Crippen LogP contribution in [0.1, 0.15) is 113 Å². The Morgan fingerprint density at radius 1 is 0.500 bits per heavy atom. The molecular formula is C26H48N2O2. The molecule has 1 aromatic rings. The highest BCUT2D eigenvalue weighted by atomic mass is 16.3. The van der Waals surface area contributed by atoms with Gasteiger partial charge in [0.15, 0.2) is 0 Å². The van der Waals surface area contributed by atoms with Gasteiger partial charge < -0.3 is 20.8 Å². The molecule has 0 heterocycles. The number of benzene rings is 1. The summed E-state index contributed by atoms with van der Waals surface area (Å²) < 4.78 is 0. The third kappa shape index (κ3) is 8.85. The molecule has 1 aromatic carbocycles. The van der Waals surface area contributed by atoms with Gasteiger partial charge in [0.25, 0.3) is 0 Å². The van der Waals surface area contributed by atoms with Crippen molar-refractivity contribution in [3.63, 3.8) is 0 Å². The third-order valence-corrected chi connectivity index (χ3v) is 6.14. The zero-order valence-corrected chi connectivity index (χ0v) is 20.2.